The molecule has 1 rings (SSSR count). The van der Waals surface area contributed by atoms with E-state index in [-0.39, 0.29) is 0 Å². The molecule has 0 saturated heterocycles. The SMILES string of the molecule is CCCCc1ncnc(Cl)c1C(C)C. The summed E-state index contributed by atoms with van der Waals surface area (Å²) in [6.07, 6.45) is 4.90. The van der Waals surface area contributed by atoms with Gasteiger partial charge in [0.05, 0.1) is 0 Å². The molecule has 0 spiro atoms. The van der Waals surface area contributed by atoms with Gasteiger partial charge in [0.2, 0.25) is 0 Å². The molecule has 0 aliphatic rings. The molecule has 1 aromatic heterocycles. The van der Waals surface area contributed by atoms with Crippen molar-refractivity contribution in [2.24, 2.45) is 0 Å². The smallest absolute Gasteiger partial charge is 0.136 e. The Morgan fingerprint density at radius 2 is 2.07 bits per heavy atom. The van der Waals surface area contributed by atoms with Gasteiger partial charge in [0.25, 0.3) is 0 Å². The molecule has 0 unspecified atom stereocenters. The molecule has 0 aromatic carbocycles. The van der Waals surface area contributed by atoms with E-state index in [0.717, 1.165) is 24.1 Å². The van der Waals surface area contributed by atoms with E-state index in [9.17, 15) is 0 Å². The first kappa shape index (κ1) is 11.4. The van der Waals surface area contributed by atoms with Crippen LogP contribution in [0.5, 0.6) is 0 Å². The van der Waals surface area contributed by atoms with Gasteiger partial charge in [0.1, 0.15) is 11.5 Å². The molecule has 2 nitrogen and oxygen atoms in total. The van der Waals surface area contributed by atoms with Gasteiger partial charge < -0.3 is 0 Å². The Labute approximate surface area is 90.7 Å². The van der Waals surface area contributed by atoms with Crippen molar-refractivity contribution in [1.29, 1.82) is 0 Å². The number of rotatable bonds is 4. The number of aromatic nitrogens is 2. The summed E-state index contributed by atoms with van der Waals surface area (Å²) in [4.78, 5) is 8.33. The highest BCUT2D eigenvalue weighted by molar-refractivity contribution is 6.30. The van der Waals surface area contributed by atoms with Crippen molar-refractivity contribution in [3.8, 4) is 0 Å². The van der Waals surface area contributed by atoms with Gasteiger partial charge in [-0.2, -0.15) is 0 Å². The van der Waals surface area contributed by atoms with Gasteiger partial charge in [-0.15, -0.1) is 0 Å². The van der Waals surface area contributed by atoms with E-state index in [2.05, 4.69) is 30.7 Å². The van der Waals surface area contributed by atoms with Crippen LogP contribution >= 0.6 is 11.6 Å². The highest BCUT2D eigenvalue weighted by Gasteiger charge is 2.12. The molecule has 0 bridgehead atoms. The number of hydrogen-bond donors (Lipinski definition) is 0. The molecule has 1 aromatic rings. The zero-order valence-corrected chi connectivity index (χ0v) is 9.80. The van der Waals surface area contributed by atoms with Gasteiger partial charge in [-0.05, 0) is 18.8 Å². The lowest BCUT2D eigenvalue weighted by Gasteiger charge is -2.12. The normalized spacial score (nSPS) is 10.9. The van der Waals surface area contributed by atoms with Crippen LogP contribution in [0, 0.1) is 0 Å². The van der Waals surface area contributed by atoms with Crippen LogP contribution in [0.3, 0.4) is 0 Å². The maximum Gasteiger partial charge on any atom is 0.136 e. The molecule has 0 saturated carbocycles. The van der Waals surface area contributed by atoms with Gasteiger partial charge in [0, 0.05) is 11.3 Å². The Balaban J connectivity index is 2.96. The standard InChI is InChI=1S/C11H17ClN2/c1-4-5-6-9-10(8(2)3)11(12)14-7-13-9/h7-8H,4-6H2,1-3H3. The zero-order chi connectivity index (χ0) is 10.6. The largest absolute Gasteiger partial charge is 0.241 e. The third-order valence-corrected chi connectivity index (χ3v) is 2.56. The lowest BCUT2D eigenvalue weighted by molar-refractivity contribution is 0.738. The lowest BCUT2D eigenvalue weighted by Crippen LogP contribution is -2.02. The summed E-state index contributed by atoms with van der Waals surface area (Å²) < 4.78 is 0. The Bertz CT molecular complexity index is 297. The quantitative estimate of drug-likeness (QED) is 0.713. The zero-order valence-electron chi connectivity index (χ0n) is 9.05. The van der Waals surface area contributed by atoms with Crippen molar-refractivity contribution in [2.45, 2.75) is 46.0 Å². The summed E-state index contributed by atoms with van der Waals surface area (Å²) in [6, 6.07) is 0. The molecule has 0 aliphatic carbocycles. The van der Waals surface area contributed by atoms with Crippen molar-refractivity contribution in [2.75, 3.05) is 0 Å². The maximum absolute atomic E-state index is 6.05. The van der Waals surface area contributed by atoms with E-state index in [4.69, 9.17) is 11.6 Å². The van der Waals surface area contributed by atoms with Crippen LogP contribution in [0.15, 0.2) is 6.33 Å². The fourth-order valence-corrected chi connectivity index (χ4v) is 1.89. The molecule has 1 heterocycles. The van der Waals surface area contributed by atoms with Gasteiger partial charge in [0.15, 0.2) is 0 Å². The topological polar surface area (TPSA) is 25.8 Å². The molecule has 0 atom stereocenters. The van der Waals surface area contributed by atoms with Gasteiger partial charge >= 0.3 is 0 Å². The average Bonchev–Trinajstić information content (AvgIpc) is 2.14. The van der Waals surface area contributed by atoms with Gasteiger partial charge in [-0.3, -0.25) is 0 Å². The summed E-state index contributed by atoms with van der Waals surface area (Å²) in [6.45, 7) is 6.43. The summed E-state index contributed by atoms with van der Waals surface area (Å²) in [5.74, 6) is 0.399. The third-order valence-electron chi connectivity index (χ3n) is 2.26. The van der Waals surface area contributed by atoms with E-state index in [1.807, 2.05) is 0 Å². The monoisotopic (exact) mass is 212 g/mol. The number of aryl methyl sites for hydroxylation is 1. The van der Waals surface area contributed by atoms with Crippen molar-refractivity contribution in [1.82, 2.24) is 9.97 Å². The van der Waals surface area contributed by atoms with Gasteiger partial charge in [-0.1, -0.05) is 38.8 Å². The molecule has 0 aliphatic heterocycles. The second-order valence-corrected chi connectivity index (χ2v) is 4.14. The Morgan fingerprint density at radius 3 is 2.64 bits per heavy atom. The molecule has 0 fully saturated rings. The minimum absolute atomic E-state index is 0.399. The Morgan fingerprint density at radius 1 is 1.36 bits per heavy atom. The van der Waals surface area contributed by atoms with E-state index in [0.29, 0.717) is 11.1 Å². The summed E-state index contributed by atoms with van der Waals surface area (Å²) in [5, 5.41) is 0.612. The third kappa shape index (κ3) is 2.68. The minimum atomic E-state index is 0.399. The van der Waals surface area contributed by atoms with Crippen molar-refractivity contribution in [3.05, 3.63) is 22.7 Å². The molecule has 0 radical (unpaired) electrons. The van der Waals surface area contributed by atoms with Gasteiger partial charge in [-0.25, -0.2) is 9.97 Å². The highest BCUT2D eigenvalue weighted by Crippen LogP contribution is 2.25. The Kier molecular flexibility index (Phi) is 4.33. The number of nitrogens with zero attached hydrogens (tertiary/aromatic N) is 2. The number of hydrogen-bond acceptors (Lipinski definition) is 2. The fraction of sp³-hybridized carbons (Fsp3) is 0.636. The predicted molar refractivity (Wildman–Crippen MR) is 59.7 cm³/mol. The molecule has 78 valence electrons. The fourth-order valence-electron chi connectivity index (χ4n) is 1.52. The number of halogens is 1. The molecule has 0 amide bonds. The van der Waals surface area contributed by atoms with Crippen LogP contribution < -0.4 is 0 Å². The summed E-state index contributed by atoms with van der Waals surface area (Å²) in [7, 11) is 0. The molecular formula is C11H17ClN2. The summed E-state index contributed by atoms with van der Waals surface area (Å²) in [5.41, 5.74) is 2.23. The Hall–Kier alpha value is -0.630. The van der Waals surface area contributed by atoms with Crippen LogP contribution in [0.25, 0.3) is 0 Å². The van der Waals surface area contributed by atoms with E-state index < -0.39 is 0 Å². The molecule has 0 N–H and O–H groups in total. The lowest BCUT2D eigenvalue weighted by atomic mass is 10.0. The molecule has 3 heteroatoms. The average molecular weight is 213 g/mol. The highest BCUT2D eigenvalue weighted by atomic mass is 35.5. The second-order valence-electron chi connectivity index (χ2n) is 3.78. The van der Waals surface area contributed by atoms with E-state index >= 15 is 0 Å². The maximum atomic E-state index is 6.05. The first-order valence-corrected chi connectivity index (χ1v) is 5.53. The minimum Gasteiger partial charge on any atom is -0.241 e. The predicted octanol–water partition coefficient (Wildman–Crippen LogP) is 3.60. The number of unbranched alkanes of at least 4 members (excludes halogenated alkanes) is 1. The molecule has 14 heavy (non-hydrogen) atoms. The van der Waals surface area contributed by atoms with Crippen molar-refractivity contribution < 1.29 is 0 Å². The van der Waals surface area contributed by atoms with Crippen LogP contribution in [0.2, 0.25) is 5.15 Å². The summed E-state index contributed by atoms with van der Waals surface area (Å²) >= 11 is 6.05. The van der Waals surface area contributed by atoms with E-state index in [1.165, 1.54) is 6.42 Å². The first-order valence-electron chi connectivity index (χ1n) is 5.16. The van der Waals surface area contributed by atoms with Crippen LogP contribution in [0.1, 0.15) is 50.8 Å². The van der Waals surface area contributed by atoms with E-state index in [1.54, 1.807) is 6.33 Å². The van der Waals surface area contributed by atoms with Crippen LogP contribution in [0.4, 0.5) is 0 Å². The first-order chi connectivity index (χ1) is 6.66. The second kappa shape index (κ2) is 5.30. The van der Waals surface area contributed by atoms with Crippen molar-refractivity contribution >= 4 is 11.6 Å². The molecular weight excluding hydrogens is 196 g/mol. The van der Waals surface area contributed by atoms with Crippen LogP contribution in [-0.4, -0.2) is 9.97 Å². The van der Waals surface area contributed by atoms with Crippen molar-refractivity contribution in [3.63, 3.8) is 0 Å². The van der Waals surface area contributed by atoms with Crippen LogP contribution in [-0.2, 0) is 6.42 Å².